The van der Waals surface area contributed by atoms with E-state index in [-0.39, 0.29) is 12.3 Å². The standard InChI is InChI=1S/C12H9Cl6N3/c13-11(14,15)9-19-7-20-10(21-9,12(16,17)18)6-8-4-2-1-3-5-8/h1-5,7H,6H2,(H,19,20,21). The number of hydrogen-bond donors (Lipinski definition) is 1. The van der Waals surface area contributed by atoms with Gasteiger partial charge in [-0.3, -0.25) is 0 Å². The van der Waals surface area contributed by atoms with E-state index >= 15 is 0 Å². The molecule has 9 heteroatoms. The molecule has 1 aromatic rings. The molecule has 1 atom stereocenters. The van der Waals surface area contributed by atoms with Gasteiger partial charge in [0.2, 0.25) is 13.2 Å². The molecule has 1 aliphatic heterocycles. The van der Waals surface area contributed by atoms with Crippen molar-refractivity contribution in [2.24, 2.45) is 9.98 Å². The minimum absolute atomic E-state index is 0.0461. The highest BCUT2D eigenvalue weighted by Crippen LogP contribution is 2.45. The molecule has 1 N–H and O–H groups in total. The normalized spacial score (nSPS) is 22.7. The Morgan fingerprint density at radius 1 is 1.00 bits per heavy atom. The van der Waals surface area contributed by atoms with Crippen molar-refractivity contribution in [2.75, 3.05) is 0 Å². The summed E-state index contributed by atoms with van der Waals surface area (Å²) in [7, 11) is 0. The van der Waals surface area contributed by atoms with Gasteiger partial charge < -0.3 is 5.32 Å². The maximum atomic E-state index is 6.09. The molecule has 1 unspecified atom stereocenters. The number of halogens is 6. The molecule has 1 aromatic carbocycles. The Morgan fingerprint density at radius 3 is 2.14 bits per heavy atom. The van der Waals surface area contributed by atoms with Gasteiger partial charge in [-0.25, -0.2) is 9.98 Å². The number of hydrogen-bond acceptors (Lipinski definition) is 3. The first-order valence-corrected chi connectivity index (χ1v) is 7.99. The molecule has 0 amide bonds. The number of amidine groups is 1. The van der Waals surface area contributed by atoms with Gasteiger partial charge in [0.05, 0.1) is 6.34 Å². The topological polar surface area (TPSA) is 36.8 Å². The second-order valence-corrected chi connectivity index (χ2v) is 8.90. The van der Waals surface area contributed by atoms with E-state index in [4.69, 9.17) is 69.6 Å². The van der Waals surface area contributed by atoms with Gasteiger partial charge in [0, 0.05) is 6.42 Å². The van der Waals surface area contributed by atoms with E-state index in [2.05, 4.69) is 15.3 Å². The van der Waals surface area contributed by atoms with Crippen molar-refractivity contribution in [3.05, 3.63) is 35.9 Å². The number of nitrogens with zero attached hydrogens (tertiary/aromatic N) is 2. The lowest BCUT2D eigenvalue weighted by molar-refractivity contribution is 0.449. The van der Waals surface area contributed by atoms with Gasteiger partial charge in [0.25, 0.3) is 0 Å². The highest BCUT2D eigenvalue weighted by Gasteiger charge is 2.51. The third-order valence-electron chi connectivity index (χ3n) is 2.79. The lowest BCUT2D eigenvalue weighted by Crippen LogP contribution is -2.50. The molecule has 1 aliphatic rings. The molecule has 0 bridgehead atoms. The molecule has 1 heterocycles. The van der Waals surface area contributed by atoms with Gasteiger partial charge in [0.15, 0.2) is 5.84 Å². The average Bonchev–Trinajstić information content (AvgIpc) is 2.38. The van der Waals surface area contributed by atoms with Crippen molar-refractivity contribution in [1.82, 2.24) is 5.32 Å². The molecule has 21 heavy (non-hydrogen) atoms. The van der Waals surface area contributed by atoms with Gasteiger partial charge in [-0.1, -0.05) is 99.9 Å². The van der Waals surface area contributed by atoms with Gasteiger partial charge >= 0.3 is 0 Å². The fraction of sp³-hybridized carbons (Fsp3) is 0.333. The maximum Gasteiger partial charge on any atom is 0.247 e. The first kappa shape index (κ1) is 17.5. The summed E-state index contributed by atoms with van der Waals surface area (Å²) in [6.07, 6.45) is 1.56. The fourth-order valence-corrected chi connectivity index (χ4v) is 2.56. The van der Waals surface area contributed by atoms with Crippen LogP contribution in [0.1, 0.15) is 5.56 Å². The molecule has 0 saturated carbocycles. The van der Waals surface area contributed by atoms with E-state index in [0.29, 0.717) is 0 Å². The van der Waals surface area contributed by atoms with Crippen molar-refractivity contribution in [1.29, 1.82) is 0 Å². The van der Waals surface area contributed by atoms with Gasteiger partial charge in [-0.2, -0.15) is 0 Å². The van der Waals surface area contributed by atoms with Gasteiger partial charge in [0.1, 0.15) is 0 Å². The van der Waals surface area contributed by atoms with Gasteiger partial charge in [-0.15, -0.1) is 0 Å². The van der Waals surface area contributed by atoms with Crippen LogP contribution in [0.3, 0.4) is 0 Å². The van der Waals surface area contributed by atoms with Crippen LogP contribution in [0.4, 0.5) is 0 Å². The van der Waals surface area contributed by atoms with Crippen LogP contribution < -0.4 is 5.32 Å². The fourth-order valence-electron chi connectivity index (χ4n) is 1.79. The smallest absolute Gasteiger partial charge is 0.247 e. The van der Waals surface area contributed by atoms with Crippen LogP contribution in [0.25, 0.3) is 0 Å². The zero-order valence-corrected chi connectivity index (χ0v) is 14.9. The van der Waals surface area contributed by atoms with E-state index in [1.165, 1.54) is 6.34 Å². The lowest BCUT2D eigenvalue weighted by atomic mass is 10.0. The van der Waals surface area contributed by atoms with Crippen molar-refractivity contribution < 1.29 is 0 Å². The van der Waals surface area contributed by atoms with Crippen LogP contribution in [0.15, 0.2) is 40.3 Å². The minimum Gasteiger partial charge on any atom is -0.331 e. The second-order valence-electron chi connectivity index (χ2n) is 4.34. The van der Waals surface area contributed by atoms with E-state index in [1.807, 2.05) is 30.3 Å². The van der Waals surface area contributed by atoms with Crippen molar-refractivity contribution in [2.45, 2.75) is 19.7 Å². The molecule has 114 valence electrons. The van der Waals surface area contributed by atoms with Crippen molar-refractivity contribution >= 4 is 81.8 Å². The third kappa shape index (κ3) is 4.10. The van der Waals surface area contributed by atoms with Crippen LogP contribution in [0.2, 0.25) is 0 Å². The molecular weight excluding hydrogens is 399 g/mol. The highest BCUT2D eigenvalue weighted by atomic mass is 35.6. The van der Waals surface area contributed by atoms with Crippen molar-refractivity contribution in [3.8, 4) is 0 Å². The number of aliphatic imine (C=N–C) groups is 2. The van der Waals surface area contributed by atoms with Crippen LogP contribution in [-0.4, -0.2) is 25.4 Å². The number of nitrogens with one attached hydrogen (secondary N) is 1. The summed E-state index contributed by atoms with van der Waals surface area (Å²) in [4.78, 5) is 8.46. The molecule has 0 spiro atoms. The lowest BCUT2D eigenvalue weighted by Gasteiger charge is -2.36. The summed E-state index contributed by atoms with van der Waals surface area (Å²) in [5.74, 6) is 0.0461. The number of benzene rings is 1. The Hall–Kier alpha value is 0.1000. The molecule has 0 fully saturated rings. The first-order chi connectivity index (χ1) is 9.64. The SMILES string of the molecule is ClC(Cl)(Cl)C1=NC(Cc2ccccc2)(C(Cl)(Cl)Cl)N=CN1. The highest BCUT2D eigenvalue weighted by molar-refractivity contribution is 6.77. The van der Waals surface area contributed by atoms with Gasteiger partial charge in [-0.05, 0) is 5.56 Å². The van der Waals surface area contributed by atoms with Crippen LogP contribution in [0, 0.1) is 0 Å². The predicted molar refractivity (Wildman–Crippen MR) is 92.5 cm³/mol. The molecule has 0 aliphatic carbocycles. The molecule has 0 saturated heterocycles. The van der Waals surface area contributed by atoms with E-state index in [1.54, 1.807) is 0 Å². The summed E-state index contributed by atoms with van der Waals surface area (Å²) in [6, 6.07) is 9.37. The Kier molecular flexibility index (Phi) is 5.24. The third-order valence-corrected chi connectivity index (χ3v) is 4.24. The molecule has 3 nitrogen and oxygen atoms in total. The summed E-state index contributed by atoms with van der Waals surface area (Å²) in [6.45, 7) is 0. The maximum absolute atomic E-state index is 6.09. The van der Waals surface area contributed by atoms with Crippen molar-refractivity contribution in [3.63, 3.8) is 0 Å². The quantitative estimate of drug-likeness (QED) is 0.709. The average molecular weight is 408 g/mol. The zero-order valence-electron chi connectivity index (χ0n) is 10.3. The Labute approximate surface area is 152 Å². The van der Waals surface area contributed by atoms with E-state index in [0.717, 1.165) is 5.56 Å². The Bertz CT molecular complexity index is 561. The Morgan fingerprint density at radius 2 is 1.62 bits per heavy atom. The molecule has 2 rings (SSSR count). The summed E-state index contributed by atoms with van der Waals surface area (Å²) < 4.78 is -3.59. The molecule has 0 aromatic heterocycles. The van der Waals surface area contributed by atoms with Crippen LogP contribution in [0.5, 0.6) is 0 Å². The molecular formula is C12H9Cl6N3. The molecule has 0 radical (unpaired) electrons. The Balaban J connectivity index is 2.46. The second kappa shape index (κ2) is 6.31. The summed E-state index contributed by atoms with van der Waals surface area (Å²) in [5.41, 5.74) is -0.529. The first-order valence-electron chi connectivity index (χ1n) is 5.72. The summed E-state index contributed by atoms with van der Waals surface area (Å²) in [5, 5.41) is 2.66. The van der Waals surface area contributed by atoms with E-state index < -0.39 is 13.2 Å². The van der Waals surface area contributed by atoms with Crippen LogP contribution in [-0.2, 0) is 6.42 Å². The minimum atomic E-state index is -1.82. The largest absolute Gasteiger partial charge is 0.331 e. The summed E-state index contributed by atoms with van der Waals surface area (Å²) >= 11 is 35.8. The zero-order chi connectivity index (χ0) is 15.7. The number of rotatable bonds is 2. The van der Waals surface area contributed by atoms with Crippen LogP contribution >= 0.6 is 69.6 Å². The monoisotopic (exact) mass is 405 g/mol. The predicted octanol–water partition coefficient (Wildman–Crippen LogP) is 4.70. The van der Waals surface area contributed by atoms with E-state index in [9.17, 15) is 0 Å². The number of alkyl halides is 6.